The minimum absolute atomic E-state index is 0.105. The van der Waals surface area contributed by atoms with Gasteiger partial charge < -0.3 is 20.1 Å². The number of benzene rings is 1. The number of carbonyl (C=O) groups is 1. The van der Waals surface area contributed by atoms with Gasteiger partial charge in [0, 0.05) is 52.4 Å². The van der Waals surface area contributed by atoms with Gasteiger partial charge in [-0.25, -0.2) is 9.97 Å². The van der Waals surface area contributed by atoms with Crippen LogP contribution in [0.25, 0.3) is 33.3 Å². The van der Waals surface area contributed by atoms with Crippen molar-refractivity contribution in [3.05, 3.63) is 73.2 Å². The van der Waals surface area contributed by atoms with Crippen molar-refractivity contribution in [3.63, 3.8) is 0 Å². The minimum atomic E-state index is -0.414. The number of fused-ring (bicyclic) bond motifs is 1. The summed E-state index contributed by atoms with van der Waals surface area (Å²) >= 11 is 0. The maximum Gasteiger partial charge on any atom is 0.253 e. The number of aromatic nitrogens is 3. The number of carbonyl (C=O) groups excluding carboxylic acids is 1. The van der Waals surface area contributed by atoms with Crippen molar-refractivity contribution in [2.45, 2.75) is 0 Å². The van der Waals surface area contributed by atoms with Crippen LogP contribution >= 0.6 is 0 Å². The summed E-state index contributed by atoms with van der Waals surface area (Å²) in [6.07, 6.45) is 5.40. The van der Waals surface area contributed by atoms with Crippen molar-refractivity contribution >= 4 is 22.6 Å². The molecule has 0 spiro atoms. The highest BCUT2D eigenvalue weighted by Gasteiger charge is 2.11. The topological polar surface area (TPSA) is 100 Å². The molecule has 30 heavy (non-hydrogen) atoms. The highest BCUT2D eigenvalue weighted by atomic mass is 16.5. The summed E-state index contributed by atoms with van der Waals surface area (Å²) in [6.45, 7) is 3.15. The summed E-state index contributed by atoms with van der Waals surface area (Å²) in [7, 11) is 1.59. The van der Waals surface area contributed by atoms with Gasteiger partial charge in [0.05, 0.1) is 13.7 Å². The predicted molar refractivity (Wildman–Crippen MR) is 116 cm³/mol. The molecule has 4 rings (SSSR count). The van der Waals surface area contributed by atoms with Gasteiger partial charge in [0.2, 0.25) is 5.88 Å². The lowest BCUT2D eigenvalue weighted by Crippen LogP contribution is -2.15. The highest BCUT2D eigenvalue weighted by Crippen LogP contribution is 2.32. The molecule has 1 aromatic carbocycles. The van der Waals surface area contributed by atoms with Crippen molar-refractivity contribution in [2.75, 3.05) is 19.0 Å². The smallest absolute Gasteiger partial charge is 0.253 e. The van der Waals surface area contributed by atoms with E-state index in [0.29, 0.717) is 11.6 Å². The van der Waals surface area contributed by atoms with E-state index in [9.17, 15) is 4.79 Å². The zero-order chi connectivity index (χ0) is 21.1. The van der Waals surface area contributed by atoms with E-state index >= 15 is 0 Å². The fraction of sp³-hybridized carbons (Fsp3) is 0.0870. The summed E-state index contributed by atoms with van der Waals surface area (Å²) in [5, 5.41) is 12.8. The molecule has 0 radical (unpaired) electrons. The van der Waals surface area contributed by atoms with E-state index in [-0.39, 0.29) is 12.2 Å². The number of methoxy groups -OCH3 is 1. The van der Waals surface area contributed by atoms with Gasteiger partial charge in [0.1, 0.15) is 5.65 Å². The lowest BCUT2D eigenvalue weighted by atomic mass is 10.0. The summed E-state index contributed by atoms with van der Waals surface area (Å²) in [5.74, 6) is 0.127. The number of rotatable bonds is 6. The SMILES string of the molecule is C=C(CO)C(=O)Nc1cccc(-c2cnc3[nH]cc(-c4ccnc(OC)c4)c3c2)c1. The Labute approximate surface area is 173 Å². The van der Waals surface area contributed by atoms with Gasteiger partial charge in [-0.3, -0.25) is 4.79 Å². The maximum absolute atomic E-state index is 12.0. The zero-order valence-corrected chi connectivity index (χ0v) is 16.3. The molecule has 7 heteroatoms. The Kier molecular flexibility index (Phi) is 5.28. The molecule has 0 unspecified atom stereocenters. The molecule has 7 nitrogen and oxygen atoms in total. The molecule has 3 heterocycles. The first kappa shape index (κ1) is 19.4. The Hall–Kier alpha value is -3.97. The van der Waals surface area contributed by atoms with Gasteiger partial charge in [-0.05, 0) is 35.4 Å². The van der Waals surface area contributed by atoms with Crippen molar-refractivity contribution in [3.8, 4) is 28.1 Å². The van der Waals surface area contributed by atoms with Crippen LogP contribution in [-0.2, 0) is 4.79 Å². The van der Waals surface area contributed by atoms with Gasteiger partial charge in [-0.2, -0.15) is 0 Å². The number of nitrogens with one attached hydrogen (secondary N) is 2. The summed E-state index contributed by atoms with van der Waals surface area (Å²) in [4.78, 5) is 23.9. The largest absolute Gasteiger partial charge is 0.481 e. The summed E-state index contributed by atoms with van der Waals surface area (Å²) < 4.78 is 5.23. The maximum atomic E-state index is 12.0. The first-order valence-electron chi connectivity index (χ1n) is 9.27. The van der Waals surface area contributed by atoms with E-state index in [4.69, 9.17) is 9.84 Å². The van der Waals surface area contributed by atoms with Gasteiger partial charge >= 0.3 is 0 Å². The number of amides is 1. The Morgan fingerprint density at radius 1 is 1.17 bits per heavy atom. The molecular weight excluding hydrogens is 380 g/mol. The van der Waals surface area contributed by atoms with Gasteiger partial charge in [-0.1, -0.05) is 18.7 Å². The standard InChI is InChI=1S/C23H20N4O3/c1-14(13-28)23(29)27-18-5-3-4-15(8-18)17-9-19-20(12-26-22(19)25-11-17)16-6-7-24-21(10-16)30-2/h3-12,28H,1,13H2,2H3,(H,25,26)(H,27,29). The molecule has 0 atom stereocenters. The fourth-order valence-electron chi connectivity index (χ4n) is 3.16. The number of hydrogen-bond donors (Lipinski definition) is 3. The number of aromatic amines is 1. The molecule has 0 aliphatic carbocycles. The second-order valence-electron chi connectivity index (χ2n) is 6.71. The van der Waals surface area contributed by atoms with E-state index in [1.807, 2.05) is 36.5 Å². The molecule has 1 amide bonds. The molecule has 4 aromatic rings. The van der Waals surface area contributed by atoms with Crippen LogP contribution in [0, 0.1) is 0 Å². The molecule has 0 saturated heterocycles. The van der Waals surface area contributed by atoms with Crippen molar-refractivity contribution < 1.29 is 14.6 Å². The average Bonchev–Trinajstić information content (AvgIpc) is 3.22. The third kappa shape index (κ3) is 3.78. The number of pyridine rings is 2. The van der Waals surface area contributed by atoms with Gasteiger partial charge in [0.25, 0.3) is 5.91 Å². The lowest BCUT2D eigenvalue weighted by molar-refractivity contribution is -0.113. The average molecular weight is 400 g/mol. The van der Waals surface area contributed by atoms with Crippen LogP contribution in [0.5, 0.6) is 5.88 Å². The van der Waals surface area contributed by atoms with E-state index < -0.39 is 5.91 Å². The molecule has 3 N–H and O–H groups in total. The molecule has 0 aliphatic rings. The Bertz CT molecular complexity index is 1250. The van der Waals surface area contributed by atoms with Gasteiger partial charge in [-0.15, -0.1) is 0 Å². The molecule has 0 aliphatic heterocycles. The zero-order valence-electron chi connectivity index (χ0n) is 16.3. The van der Waals surface area contributed by atoms with Crippen LogP contribution in [0.1, 0.15) is 0 Å². The van der Waals surface area contributed by atoms with E-state index in [1.54, 1.807) is 25.6 Å². The van der Waals surface area contributed by atoms with Crippen LogP contribution in [0.4, 0.5) is 5.69 Å². The first-order chi connectivity index (χ1) is 14.6. The Balaban J connectivity index is 1.71. The summed E-state index contributed by atoms with van der Waals surface area (Å²) in [5.41, 5.74) is 5.25. The first-order valence-corrected chi connectivity index (χ1v) is 9.27. The number of hydrogen-bond acceptors (Lipinski definition) is 5. The minimum Gasteiger partial charge on any atom is -0.481 e. The number of ether oxygens (including phenoxy) is 1. The number of aliphatic hydroxyl groups excluding tert-OH is 1. The Morgan fingerprint density at radius 2 is 2.03 bits per heavy atom. The summed E-state index contributed by atoms with van der Waals surface area (Å²) in [6, 6.07) is 13.3. The molecule has 150 valence electrons. The van der Waals surface area contributed by atoms with E-state index in [2.05, 4.69) is 32.9 Å². The van der Waals surface area contributed by atoms with Crippen LogP contribution in [0.3, 0.4) is 0 Å². The molecule has 3 aromatic heterocycles. The van der Waals surface area contributed by atoms with Crippen molar-refractivity contribution in [1.29, 1.82) is 0 Å². The van der Waals surface area contributed by atoms with Gasteiger partial charge in [0.15, 0.2) is 0 Å². The molecule has 0 saturated carbocycles. The normalized spacial score (nSPS) is 10.7. The lowest BCUT2D eigenvalue weighted by Gasteiger charge is -2.09. The third-order valence-electron chi connectivity index (χ3n) is 4.75. The second-order valence-corrected chi connectivity index (χ2v) is 6.71. The van der Waals surface area contributed by atoms with Crippen LogP contribution < -0.4 is 10.1 Å². The van der Waals surface area contributed by atoms with Crippen LogP contribution in [-0.4, -0.2) is 39.7 Å². The molecule has 0 bridgehead atoms. The quantitative estimate of drug-likeness (QED) is 0.428. The highest BCUT2D eigenvalue weighted by molar-refractivity contribution is 6.03. The third-order valence-corrected chi connectivity index (χ3v) is 4.75. The second kappa shape index (κ2) is 8.18. The monoisotopic (exact) mass is 400 g/mol. The number of aliphatic hydroxyl groups is 1. The number of anilines is 1. The van der Waals surface area contributed by atoms with Crippen LogP contribution in [0.15, 0.2) is 73.2 Å². The number of H-pyrrole nitrogens is 1. The van der Waals surface area contributed by atoms with Crippen LogP contribution in [0.2, 0.25) is 0 Å². The van der Waals surface area contributed by atoms with E-state index in [1.165, 1.54) is 0 Å². The van der Waals surface area contributed by atoms with Crippen molar-refractivity contribution in [1.82, 2.24) is 15.0 Å². The van der Waals surface area contributed by atoms with E-state index in [0.717, 1.165) is 33.3 Å². The Morgan fingerprint density at radius 3 is 2.83 bits per heavy atom. The number of nitrogens with zero attached hydrogens (tertiary/aromatic N) is 2. The fourth-order valence-corrected chi connectivity index (χ4v) is 3.16. The molecular formula is C23H20N4O3. The van der Waals surface area contributed by atoms with Crippen molar-refractivity contribution in [2.24, 2.45) is 0 Å². The molecule has 0 fully saturated rings. The predicted octanol–water partition coefficient (Wildman–Crippen LogP) is 3.79.